The third-order valence-corrected chi connectivity index (χ3v) is 4.56. The van der Waals surface area contributed by atoms with E-state index in [1.807, 2.05) is 36.4 Å². The summed E-state index contributed by atoms with van der Waals surface area (Å²) in [6, 6.07) is 11.8. The lowest BCUT2D eigenvalue weighted by molar-refractivity contribution is 0.302. The molecule has 100 valence electrons. The first-order valence-corrected chi connectivity index (χ1v) is 7.89. The second-order valence-corrected chi connectivity index (χ2v) is 6.36. The fourth-order valence-electron chi connectivity index (χ4n) is 1.55. The molecule has 0 aliphatic heterocycles. The van der Waals surface area contributed by atoms with Gasteiger partial charge in [-0.05, 0) is 50.1 Å². The van der Waals surface area contributed by atoms with Gasteiger partial charge in [-0.3, -0.25) is 0 Å². The second kappa shape index (κ2) is 6.77. The summed E-state index contributed by atoms with van der Waals surface area (Å²) >= 11 is 10.4. The quantitative estimate of drug-likeness (QED) is 0.607. The van der Waals surface area contributed by atoms with Crippen molar-refractivity contribution >= 4 is 47.8 Å². The molecule has 0 spiro atoms. The van der Waals surface area contributed by atoms with Crippen LogP contribution in [-0.2, 0) is 6.61 Å². The van der Waals surface area contributed by atoms with Crippen molar-refractivity contribution in [2.24, 2.45) is 0 Å². The average Bonchev–Trinajstić information content (AvgIpc) is 2.41. The first-order chi connectivity index (χ1) is 9.11. The summed E-state index contributed by atoms with van der Waals surface area (Å²) in [6.07, 6.45) is 0. The summed E-state index contributed by atoms with van der Waals surface area (Å²) in [4.78, 5) is 0. The topological polar surface area (TPSA) is 18.5 Å². The molecule has 0 atom stereocenters. The van der Waals surface area contributed by atoms with E-state index in [0.717, 1.165) is 30.5 Å². The third kappa shape index (κ3) is 3.74. The minimum absolute atomic E-state index is 0.499. The maximum atomic E-state index is 5.82. The van der Waals surface area contributed by atoms with Crippen LogP contribution in [0.3, 0.4) is 0 Å². The van der Waals surface area contributed by atoms with Crippen LogP contribution in [0.4, 0.5) is 0 Å². The molecule has 0 saturated heterocycles. The highest BCUT2D eigenvalue weighted by Gasteiger charge is 2.09. The van der Waals surface area contributed by atoms with Crippen LogP contribution >= 0.6 is 47.8 Å². The van der Waals surface area contributed by atoms with Crippen molar-refractivity contribution in [1.82, 2.24) is 0 Å². The fourth-order valence-corrected chi connectivity index (χ4v) is 2.87. The van der Waals surface area contributed by atoms with Crippen LogP contribution in [0.25, 0.3) is 0 Å². The Labute approximate surface area is 137 Å². The number of rotatable bonds is 4. The minimum atomic E-state index is 0.499. The van der Waals surface area contributed by atoms with E-state index in [0.29, 0.717) is 6.61 Å². The molecule has 2 nitrogen and oxygen atoms in total. The summed E-state index contributed by atoms with van der Waals surface area (Å²) < 4.78 is 13.8. The van der Waals surface area contributed by atoms with Crippen molar-refractivity contribution < 1.29 is 9.47 Å². The molecular weight excluding hydrogens is 440 g/mol. The Bertz CT molecular complexity index is 585. The summed E-state index contributed by atoms with van der Waals surface area (Å²) in [5.41, 5.74) is 1.10. The Morgan fingerprint density at radius 1 is 0.895 bits per heavy atom. The molecule has 0 heterocycles. The van der Waals surface area contributed by atoms with E-state index in [4.69, 9.17) is 9.47 Å². The molecule has 19 heavy (non-hydrogen) atoms. The predicted molar refractivity (Wildman–Crippen MR) is 86.9 cm³/mol. The van der Waals surface area contributed by atoms with Gasteiger partial charge in [0.15, 0.2) is 0 Å². The van der Waals surface area contributed by atoms with E-state index < -0.39 is 0 Å². The van der Waals surface area contributed by atoms with E-state index in [2.05, 4.69) is 47.8 Å². The number of methoxy groups -OCH3 is 1. The standard InChI is InChI=1S/C14H11Br3O2/c1-18-13-6-12(17)14(7-11(13)16)19-8-9-4-2-3-5-10(9)15/h2-7H,8H2,1H3. The Hall–Kier alpha value is -0.520. The van der Waals surface area contributed by atoms with Crippen LogP contribution in [0.15, 0.2) is 49.8 Å². The van der Waals surface area contributed by atoms with Crippen LogP contribution < -0.4 is 9.47 Å². The summed E-state index contributed by atoms with van der Waals surface area (Å²) in [5, 5.41) is 0. The smallest absolute Gasteiger partial charge is 0.135 e. The minimum Gasteiger partial charge on any atom is -0.496 e. The number of benzene rings is 2. The van der Waals surface area contributed by atoms with Gasteiger partial charge in [0.25, 0.3) is 0 Å². The maximum absolute atomic E-state index is 5.82. The molecule has 0 radical (unpaired) electrons. The van der Waals surface area contributed by atoms with Gasteiger partial charge < -0.3 is 9.47 Å². The lowest BCUT2D eigenvalue weighted by atomic mass is 10.2. The normalized spacial score (nSPS) is 10.3. The van der Waals surface area contributed by atoms with Gasteiger partial charge in [-0.25, -0.2) is 0 Å². The average molecular weight is 451 g/mol. The Morgan fingerprint density at radius 3 is 2.21 bits per heavy atom. The van der Waals surface area contributed by atoms with E-state index in [1.165, 1.54) is 0 Å². The van der Waals surface area contributed by atoms with Gasteiger partial charge in [-0.1, -0.05) is 34.1 Å². The van der Waals surface area contributed by atoms with Gasteiger partial charge in [0, 0.05) is 10.0 Å². The number of hydrogen-bond acceptors (Lipinski definition) is 2. The largest absolute Gasteiger partial charge is 0.496 e. The van der Waals surface area contributed by atoms with Crippen molar-refractivity contribution in [3.05, 3.63) is 55.4 Å². The molecule has 2 aromatic carbocycles. The van der Waals surface area contributed by atoms with Crippen molar-refractivity contribution in [2.75, 3.05) is 7.11 Å². The fraction of sp³-hybridized carbons (Fsp3) is 0.143. The van der Waals surface area contributed by atoms with Gasteiger partial charge in [0.1, 0.15) is 18.1 Å². The molecule has 0 aliphatic rings. The monoisotopic (exact) mass is 448 g/mol. The zero-order valence-corrected chi connectivity index (χ0v) is 14.9. The van der Waals surface area contributed by atoms with Gasteiger partial charge in [-0.2, -0.15) is 0 Å². The number of ether oxygens (including phenoxy) is 2. The second-order valence-electron chi connectivity index (χ2n) is 3.80. The molecular formula is C14H11Br3O2. The molecule has 2 rings (SSSR count). The zero-order valence-electron chi connectivity index (χ0n) is 10.1. The highest BCUT2D eigenvalue weighted by Crippen LogP contribution is 2.36. The van der Waals surface area contributed by atoms with Gasteiger partial charge in [0.2, 0.25) is 0 Å². The van der Waals surface area contributed by atoms with Crippen molar-refractivity contribution in [1.29, 1.82) is 0 Å². The lowest BCUT2D eigenvalue weighted by Gasteiger charge is -2.12. The molecule has 0 fully saturated rings. The van der Waals surface area contributed by atoms with Crippen molar-refractivity contribution in [3.8, 4) is 11.5 Å². The van der Waals surface area contributed by atoms with Crippen molar-refractivity contribution in [3.63, 3.8) is 0 Å². The summed E-state index contributed by atoms with van der Waals surface area (Å²) in [7, 11) is 1.63. The summed E-state index contributed by atoms with van der Waals surface area (Å²) in [6.45, 7) is 0.499. The number of hydrogen-bond donors (Lipinski definition) is 0. The van der Waals surface area contributed by atoms with Crippen LogP contribution in [0.1, 0.15) is 5.56 Å². The van der Waals surface area contributed by atoms with E-state index in [1.54, 1.807) is 7.11 Å². The first-order valence-electron chi connectivity index (χ1n) is 5.51. The van der Waals surface area contributed by atoms with E-state index in [-0.39, 0.29) is 0 Å². The molecule has 0 saturated carbocycles. The third-order valence-electron chi connectivity index (χ3n) is 2.55. The van der Waals surface area contributed by atoms with Crippen LogP contribution in [-0.4, -0.2) is 7.11 Å². The highest BCUT2D eigenvalue weighted by molar-refractivity contribution is 9.11. The van der Waals surface area contributed by atoms with E-state index >= 15 is 0 Å². The van der Waals surface area contributed by atoms with Crippen molar-refractivity contribution in [2.45, 2.75) is 6.61 Å². The molecule has 5 heteroatoms. The zero-order chi connectivity index (χ0) is 13.8. The molecule has 2 aromatic rings. The van der Waals surface area contributed by atoms with Crippen LogP contribution in [0.5, 0.6) is 11.5 Å². The van der Waals surface area contributed by atoms with Gasteiger partial charge in [0.05, 0.1) is 16.1 Å². The molecule has 0 aliphatic carbocycles. The molecule has 0 N–H and O–H groups in total. The maximum Gasteiger partial charge on any atom is 0.135 e. The molecule has 0 unspecified atom stereocenters. The highest BCUT2D eigenvalue weighted by atomic mass is 79.9. The van der Waals surface area contributed by atoms with E-state index in [9.17, 15) is 0 Å². The molecule has 0 bridgehead atoms. The Balaban J connectivity index is 2.16. The predicted octanol–water partition coefficient (Wildman–Crippen LogP) is 5.56. The summed E-state index contributed by atoms with van der Waals surface area (Å²) in [5.74, 6) is 1.53. The van der Waals surface area contributed by atoms with Crippen LogP contribution in [0.2, 0.25) is 0 Å². The van der Waals surface area contributed by atoms with Crippen LogP contribution in [0, 0.1) is 0 Å². The first kappa shape index (κ1) is 14.9. The lowest BCUT2D eigenvalue weighted by Crippen LogP contribution is -1.97. The Kier molecular flexibility index (Phi) is 5.30. The SMILES string of the molecule is COc1cc(Br)c(OCc2ccccc2Br)cc1Br. The Morgan fingerprint density at radius 2 is 1.53 bits per heavy atom. The van der Waals surface area contributed by atoms with Gasteiger partial charge >= 0.3 is 0 Å². The molecule has 0 amide bonds. The van der Waals surface area contributed by atoms with Gasteiger partial charge in [-0.15, -0.1) is 0 Å². The number of halogens is 3. The molecule has 0 aromatic heterocycles.